The van der Waals surface area contributed by atoms with Crippen molar-refractivity contribution in [3.8, 4) is 11.5 Å². The summed E-state index contributed by atoms with van der Waals surface area (Å²) in [5.41, 5.74) is 1.60. The molecule has 2 aromatic carbocycles. The maximum atomic E-state index is 6.30. The van der Waals surface area contributed by atoms with E-state index in [0.717, 1.165) is 63.2 Å². The van der Waals surface area contributed by atoms with Gasteiger partial charge in [-0.25, -0.2) is 0 Å². The topological polar surface area (TPSA) is 174 Å². The van der Waals surface area contributed by atoms with Gasteiger partial charge in [-0.15, -0.1) is 12.4 Å². The van der Waals surface area contributed by atoms with Crippen LogP contribution < -0.4 is 41.4 Å². The zero-order valence-electron chi connectivity index (χ0n) is 39.9. The van der Waals surface area contributed by atoms with Crippen LogP contribution in [0.5, 0.6) is 11.5 Å². The zero-order valence-corrected chi connectivity index (χ0v) is 42.2. The number of likely N-dealkylation sites (tertiary alicyclic amines) is 2. The molecule has 0 radical (unpaired) electrons. The molecule has 4 fully saturated rings. The van der Waals surface area contributed by atoms with Gasteiger partial charge in [0.05, 0.1) is 24.3 Å². The molecule has 16 nitrogen and oxygen atoms in total. The van der Waals surface area contributed by atoms with E-state index in [1.807, 2.05) is 36.4 Å². The maximum Gasteiger partial charge on any atom is 0.233 e. The highest BCUT2D eigenvalue weighted by Crippen LogP contribution is 2.31. The Morgan fingerprint density at radius 2 is 0.882 bits per heavy atom. The van der Waals surface area contributed by atoms with Crippen molar-refractivity contribution >= 4 is 82.7 Å². The van der Waals surface area contributed by atoms with E-state index in [-0.39, 0.29) is 19.8 Å². The first-order valence-electron chi connectivity index (χ1n) is 24.5. The summed E-state index contributed by atoms with van der Waals surface area (Å²) in [6, 6.07) is 12.9. The summed E-state index contributed by atoms with van der Waals surface area (Å²) in [5.74, 6) is 4.64. The number of nitrogens with one attached hydrogen (secondary N) is 6. The lowest BCUT2D eigenvalue weighted by molar-refractivity contribution is 0.276. The highest BCUT2D eigenvalue weighted by atomic mass is 35.5. The Morgan fingerprint density at radius 1 is 0.515 bits per heavy atom. The number of benzene rings is 2. The number of rotatable bonds is 18. The van der Waals surface area contributed by atoms with E-state index in [0.29, 0.717) is 81.4 Å². The molecule has 6 N–H and O–H groups in total. The first-order chi connectivity index (χ1) is 32.3. The molecule has 4 aliphatic rings. The molecular formula is C49H77Cl3N14O2. The number of likely N-dealkylation sites (N-methyl/N-ethyl adjacent to an activating group) is 2. The van der Waals surface area contributed by atoms with E-state index in [4.69, 9.17) is 42.6 Å². The maximum absolute atomic E-state index is 6.30. The summed E-state index contributed by atoms with van der Waals surface area (Å²) in [4.78, 5) is 33.1. The zero-order chi connectivity index (χ0) is 46.1. The fraction of sp³-hybridized carbons (Fsp3) is 0.633. The fourth-order valence-corrected chi connectivity index (χ4v) is 10.1. The highest BCUT2D eigenvalue weighted by molar-refractivity contribution is 6.32. The van der Waals surface area contributed by atoms with Gasteiger partial charge in [-0.3, -0.25) is 9.80 Å². The van der Waals surface area contributed by atoms with Crippen molar-refractivity contribution in [3.63, 3.8) is 0 Å². The second-order valence-electron chi connectivity index (χ2n) is 17.8. The Hall–Kier alpha value is -4.35. The van der Waals surface area contributed by atoms with Gasteiger partial charge in [-0.1, -0.05) is 95.8 Å². The molecule has 4 aromatic rings. The molecule has 4 heterocycles. The largest absolute Gasteiger partial charge is 0.495 e. The normalized spacial score (nSPS) is 19.2. The molecule has 0 amide bonds. The molecule has 0 bridgehead atoms. The summed E-state index contributed by atoms with van der Waals surface area (Å²) < 4.78 is 10.5. The summed E-state index contributed by atoms with van der Waals surface area (Å²) >= 11 is 12.6. The molecule has 2 saturated heterocycles. The average molecular weight is 1000 g/mol. The number of methoxy groups -OCH3 is 2. The van der Waals surface area contributed by atoms with E-state index in [1.165, 1.54) is 90.1 Å². The van der Waals surface area contributed by atoms with Gasteiger partial charge in [0.1, 0.15) is 11.5 Å². The second-order valence-corrected chi connectivity index (χ2v) is 18.7. The van der Waals surface area contributed by atoms with Gasteiger partial charge in [0.2, 0.25) is 35.7 Å². The Morgan fingerprint density at radius 3 is 1.24 bits per heavy atom. The van der Waals surface area contributed by atoms with Crippen LogP contribution in [0.1, 0.15) is 124 Å². The predicted octanol–water partition coefficient (Wildman–Crippen LogP) is 11.7. The number of ether oxygens (including phenoxy) is 2. The highest BCUT2D eigenvalue weighted by Gasteiger charge is 2.25. The van der Waals surface area contributed by atoms with E-state index in [1.54, 1.807) is 14.2 Å². The van der Waals surface area contributed by atoms with Gasteiger partial charge >= 0.3 is 0 Å². The molecule has 19 heteroatoms. The van der Waals surface area contributed by atoms with E-state index < -0.39 is 0 Å². The van der Waals surface area contributed by atoms with Crippen molar-refractivity contribution in [1.29, 1.82) is 0 Å². The van der Waals surface area contributed by atoms with Crippen LogP contribution in [0.15, 0.2) is 36.4 Å². The summed E-state index contributed by atoms with van der Waals surface area (Å²) in [6.45, 7) is 10.6. The van der Waals surface area contributed by atoms with Crippen LogP contribution in [-0.4, -0.2) is 117 Å². The summed E-state index contributed by atoms with van der Waals surface area (Å²) in [7, 11) is 3.21. The van der Waals surface area contributed by atoms with Gasteiger partial charge in [0.25, 0.3) is 0 Å². The molecule has 2 aromatic heterocycles. The third-order valence-corrected chi connectivity index (χ3v) is 13.9. The van der Waals surface area contributed by atoms with Crippen molar-refractivity contribution in [1.82, 2.24) is 39.7 Å². The van der Waals surface area contributed by atoms with Gasteiger partial charge in [0, 0.05) is 48.6 Å². The van der Waals surface area contributed by atoms with Crippen LogP contribution in [0.25, 0.3) is 0 Å². The molecule has 2 saturated carbocycles. The minimum Gasteiger partial charge on any atom is -0.495 e. The standard InChI is InChI=1S/2C24H36ClN7O.CH4.ClH/c2*1-3-32-14-8-11-19(32)16-26-22-29-23(27-17-9-6-4-5-7-10-17)31-24(30-22)28-18-12-13-21(33-2)20(25)15-18;;/h2*12-13,15,17,19H,3-11,14,16H2,1-2H3,(H3,26,27,28,29,30,31);1H4;1H. The lowest BCUT2D eigenvalue weighted by Crippen LogP contribution is -2.35. The third kappa shape index (κ3) is 16.4. The molecule has 0 spiro atoms. The lowest BCUT2D eigenvalue weighted by Gasteiger charge is -2.23. The Bertz CT molecular complexity index is 1960. The van der Waals surface area contributed by atoms with E-state index in [9.17, 15) is 0 Å². The molecule has 376 valence electrons. The average Bonchev–Trinajstić information content (AvgIpc) is 3.81. The van der Waals surface area contributed by atoms with Gasteiger partial charge in [-0.05, 0) is 114 Å². The Labute approximate surface area is 421 Å². The van der Waals surface area contributed by atoms with Crippen molar-refractivity contribution in [2.24, 2.45) is 0 Å². The molecule has 2 aliphatic carbocycles. The number of anilines is 8. The summed E-state index contributed by atoms with van der Waals surface area (Å²) in [5, 5.41) is 21.7. The van der Waals surface area contributed by atoms with Crippen LogP contribution in [0.4, 0.5) is 47.1 Å². The summed E-state index contributed by atoms with van der Waals surface area (Å²) in [6.07, 6.45) is 19.7. The van der Waals surface area contributed by atoms with Crippen molar-refractivity contribution in [2.45, 2.75) is 148 Å². The molecule has 2 aliphatic heterocycles. The first kappa shape index (κ1) is 54.6. The van der Waals surface area contributed by atoms with E-state index >= 15 is 0 Å². The van der Waals surface area contributed by atoms with Crippen LogP contribution in [0.2, 0.25) is 10.0 Å². The fourth-order valence-electron chi connectivity index (χ4n) is 9.61. The van der Waals surface area contributed by atoms with Crippen LogP contribution >= 0.6 is 35.6 Å². The second kappa shape index (κ2) is 28.3. The van der Waals surface area contributed by atoms with Crippen molar-refractivity contribution in [2.75, 3.05) is 85.4 Å². The molecule has 2 atom stereocenters. The number of nitrogens with zero attached hydrogens (tertiary/aromatic N) is 8. The van der Waals surface area contributed by atoms with E-state index in [2.05, 4.69) is 75.5 Å². The quantitative estimate of drug-likeness (QED) is 0.0519. The van der Waals surface area contributed by atoms with Crippen LogP contribution in [0.3, 0.4) is 0 Å². The van der Waals surface area contributed by atoms with Gasteiger partial charge in [0.15, 0.2) is 0 Å². The molecule has 8 rings (SSSR count). The number of aromatic nitrogens is 6. The van der Waals surface area contributed by atoms with Crippen molar-refractivity contribution < 1.29 is 9.47 Å². The predicted molar refractivity (Wildman–Crippen MR) is 284 cm³/mol. The number of hydrogen-bond donors (Lipinski definition) is 6. The smallest absolute Gasteiger partial charge is 0.233 e. The molecular weight excluding hydrogens is 923 g/mol. The SMILES string of the molecule is C.CCN1CCCC1CNc1nc(Nc2ccc(OC)c(Cl)c2)nc(NC2CCCCCC2)n1.CCN1CCCC1CNc1nc(Nc2ccc(OC)c(Cl)c2)nc(NC2CCCCCC2)n1.Cl. The molecule has 2 unspecified atom stereocenters. The van der Waals surface area contributed by atoms with Crippen LogP contribution in [-0.2, 0) is 0 Å². The van der Waals surface area contributed by atoms with Gasteiger partial charge in [-0.2, -0.15) is 29.9 Å². The first-order valence-corrected chi connectivity index (χ1v) is 25.3. The Kier molecular flexibility index (Phi) is 22.8. The minimum atomic E-state index is 0. The van der Waals surface area contributed by atoms with Crippen LogP contribution in [0, 0.1) is 0 Å². The monoisotopic (exact) mass is 999 g/mol. The lowest BCUT2D eigenvalue weighted by atomic mass is 10.1. The van der Waals surface area contributed by atoms with Gasteiger partial charge < -0.3 is 41.4 Å². The minimum absolute atomic E-state index is 0. The number of hydrogen-bond acceptors (Lipinski definition) is 16. The number of halogens is 3. The van der Waals surface area contributed by atoms with Crippen molar-refractivity contribution in [3.05, 3.63) is 46.4 Å². The third-order valence-electron chi connectivity index (χ3n) is 13.3. The molecule has 68 heavy (non-hydrogen) atoms. The Balaban J connectivity index is 0.000000247.